The van der Waals surface area contributed by atoms with Crippen molar-refractivity contribution < 1.29 is 14.3 Å². The zero-order valence-electron chi connectivity index (χ0n) is 13.2. The molecule has 3 heterocycles. The van der Waals surface area contributed by atoms with Crippen molar-refractivity contribution in [3.05, 3.63) is 59.5 Å². The van der Waals surface area contributed by atoms with Gasteiger partial charge in [0, 0.05) is 28.7 Å². The van der Waals surface area contributed by atoms with Crippen molar-refractivity contribution in [2.45, 2.75) is 18.4 Å². The molecule has 1 aliphatic carbocycles. The number of nitrogens with zero attached hydrogens (tertiary/aromatic N) is 1. The number of aromatic nitrogens is 2. The molecular formula is C19H16N2O3. The molecule has 2 aliphatic rings. The number of fused-ring (bicyclic) bond motifs is 8. The molecule has 0 amide bonds. The summed E-state index contributed by atoms with van der Waals surface area (Å²) in [4.78, 5) is 29.0. The third kappa shape index (κ3) is 1.54. The van der Waals surface area contributed by atoms with Crippen LogP contribution in [0.2, 0.25) is 0 Å². The summed E-state index contributed by atoms with van der Waals surface area (Å²) in [7, 11) is 1.39. The molecule has 0 unspecified atom stereocenters. The summed E-state index contributed by atoms with van der Waals surface area (Å²) in [6.07, 6.45) is 2.57. The highest BCUT2D eigenvalue weighted by atomic mass is 16.5. The fourth-order valence-electron chi connectivity index (χ4n) is 4.46. The van der Waals surface area contributed by atoms with Gasteiger partial charge in [0.2, 0.25) is 0 Å². The lowest BCUT2D eigenvalue weighted by atomic mass is 9.70. The second kappa shape index (κ2) is 4.60. The molecule has 2 bridgehead atoms. The lowest BCUT2D eigenvalue weighted by Crippen LogP contribution is -2.41. The van der Waals surface area contributed by atoms with Crippen LogP contribution in [0.15, 0.2) is 42.6 Å². The third-order valence-electron chi connectivity index (χ3n) is 5.46. The minimum absolute atomic E-state index is 0.0302. The molecule has 5 rings (SSSR count). The van der Waals surface area contributed by atoms with E-state index in [1.54, 1.807) is 0 Å². The zero-order chi connectivity index (χ0) is 16.4. The van der Waals surface area contributed by atoms with Crippen LogP contribution in [0.25, 0.3) is 10.9 Å². The number of methoxy groups -OCH3 is 1. The molecular weight excluding hydrogens is 304 g/mol. The average molecular weight is 320 g/mol. The average Bonchev–Trinajstić information content (AvgIpc) is 3.23. The van der Waals surface area contributed by atoms with Crippen LogP contribution < -0.4 is 0 Å². The molecule has 0 saturated heterocycles. The minimum atomic E-state index is -0.548. The third-order valence-corrected chi connectivity index (χ3v) is 5.46. The van der Waals surface area contributed by atoms with Gasteiger partial charge >= 0.3 is 5.97 Å². The van der Waals surface area contributed by atoms with Crippen molar-refractivity contribution in [2.75, 3.05) is 7.11 Å². The number of ether oxygens (including phenoxy) is 1. The monoisotopic (exact) mass is 320 g/mol. The summed E-state index contributed by atoms with van der Waals surface area (Å²) in [5.74, 6) is -1.22. The predicted octanol–water partition coefficient (Wildman–Crippen LogP) is 3.03. The van der Waals surface area contributed by atoms with E-state index < -0.39 is 5.92 Å². The predicted molar refractivity (Wildman–Crippen MR) is 88.1 cm³/mol. The summed E-state index contributed by atoms with van der Waals surface area (Å²) in [5, 5.41) is 1.00. The van der Waals surface area contributed by atoms with Gasteiger partial charge in [-0.15, -0.1) is 0 Å². The summed E-state index contributed by atoms with van der Waals surface area (Å²) in [6, 6.07) is 11.7. The molecule has 1 aliphatic heterocycles. The Morgan fingerprint density at radius 2 is 2.08 bits per heavy atom. The number of carbonyl (C=O) groups excluding carboxylic acids is 2. The number of hydrogen-bond donors (Lipinski definition) is 1. The van der Waals surface area contributed by atoms with Crippen LogP contribution in [-0.2, 0) is 9.53 Å². The molecule has 3 atom stereocenters. The number of aromatic amines is 1. The first-order valence-corrected chi connectivity index (χ1v) is 8.10. The summed E-state index contributed by atoms with van der Waals surface area (Å²) >= 11 is 0. The standard InChI is InChI=1S/C19H16N2O3/c1-24-19(23)16-11-9-14(21-8-4-7-13(21)18(11)22)17-15(16)10-5-2-3-6-12(10)20-17/h2-8,11,14,16,20H,9H2,1H3/t11-,14+,16-/m1/s1. The van der Waals surface area contributed by atoms with Gasteiger partial charge in [0.05, 0.1) is 24.8 Å². The van der Waals surface area contributed by atoms with Crippen molar-refractivity contribution in [3.8, 4) is 0 Å². The van der Waals surface area contributed by atoms with Crippen molar-refractivity contribution in [2.24, 2.45) is 5.92 Å². The Kier molecular flexibility index (Phi) is 2.61. The Balaban J connectivity index is 1.86. The fraction of sp³-hybridized carbons (Fsp3) is 0.263. The maximum absolute atomic E-state index is 12.9. The van der Waals surface area contributed by atoms with Gasteiger partial charge in [-0.1, -0.05) is 18.2 Å². The number of H-pyrrole nitrogens is 1. The van der Waals surface area contributed by atoms with Gasteiger partial charge in [0.1, 0.15) is 0 Å². The zero-order valence-corrected chi connectivity index (χ0v) is 13.2. The molecule has 120 valence electrons. The van der Waals surface area contributed by atoms with Gasteiger partial charge < -0.3 is 14.3 Å². The van der Waals surface area contributed by atoms with Gasteiger partial charge in [-0.3, -0.25) is 9.59 Å². The van der Waals surface area contributed by atoms with Gasteiger partial charge in [-0.05, 0) is 30.2 Å². The molecule has 24 heavy (non-hydrogen) atoms. The molecule has 0 fully saturated rings. The van der Waals surface area contributed by atoms with Crippen LogP contribution in [0.5, 0.6) is 0 Å². The van der Waals surface area contributed by atoms with Gasteiger partial charge in [0.25, 0.3) is 0 Å². The van der Waals surface area contributed by atoms with E-state index in [0.29, 0.717) is 12.1 Å². The number of benzene rings is 1. The van der Waals surface area contributed by atoms with Gasteiger partial charge in [-0.25, -0.2) is 0 Å². The highest BCUT2D eigenvalue weighted by Crippen LogP contribution is 2.50. The summed E-state index contributed by atoms with van der Waals surface area (Å²) in [5.41, 5.74) is 3.61. The number of hydrogen-bond acceptors (Lipinski definition) is 3. The smallest absolute Gasteiger partial charge is 0.313 e. The van der Waals surface area contributed by atoms with Crippen molar-refractivity contribution in [1.29, 1.82) is 0 Å². The van der Waals surface area contributed by atoms with Crippen molar-refractivity contribution in [3.63, 3.8) is 0 Å². The van der Waals surface area contributed by atoms with Crippen LogP contribution in [-0.4, -0.2) is 28.4 Å². The molecule has 0 spiro atoms. The highest BCUT2D eigenvalue weighted by Gasteiger charge is 2.49. The molecule has 3 aromatic rings. The molecule has 0 radical (unpaired) electrons. The number of para-hydroxylation sites is 1. The van der Waals surface area contributed by atoms with E-state index in [4.69, 9.17) is 4.74 Å². The van der Waals surface area contributed by atoms with Crippen LogP contribution in [0.3, 0.4) is 0 Å². The quantitative estimate of drug-likeness (QED) is 0.701. The second-order valence-corrected chi connectivity index (χ2v) is 6.52. The fourth-order valence-corrected chi connectivity index (χ4v) is 4.46. The topological polar surface area (TPSA) is 64.1 Å². The van der Waals surface area contributed by atoms with Crippen LogP contribution in [0.1, 0.15) is 40.1 Å². The van der Waals surface area contributed by atoms with Crippen LogP contribution >= 0.6 is 0 Å². The van der Waals surface area contributed by atoms with E-state index in [1.165, 1.54) is 7.11 Å². The number of carbonyl (C=O) groups is 2. The van der Waals surface area contributed by atoms with Gasteiger partial charge in [0.15, 0.2) is 5.78 Å². The van der Waals surface area contributed by atoms with Gasteiger partial charge in [-0.2, -0.15) is 0 Å². The van der Waals surface area contributed by atoms with E-state index in [2.05, 4.69) is 4.98 Å². The summed E-state index contributed by atoms with van der Waals surface area (Å²) < 4.78 is 7.09. The number of esters is 1. The van der Waals surface area contributed by atoms with E-state index in [-0.39, 0.29) is 23.7 Å². The Hall–Kier alpha value is -2.82. The Morgan fingerprint density at radius 1 is 1.25 bits per heavy atom. The molecule has 5 heteroatoms. The maximum atomic E-state index is 12.9. The Labute approximate surface area is 138 Å². The molecule has 0 saturated carbocycles. The van der Waals surface area contributed by atoms with E-state index in [9.17, 15) is 9.59 Å². The second-order valence-electron chi connectivity index (χ2n) is 6.52. The summed E-state index contributed by atoms with van der Waals surface area (Å²) in [6.45, 7) is 0. The van der Waals surface area contributed by atoms with E-state index >= 15 is 0 Å². The molecule has 1 aromatic carbocycles. The number of nitrogens with one attached hydrogen (secondary N) is 1. The van der Waals surface area contributed by atoms with Crippen LogP contribution in [0, 0.1) is 5.92 Å². The van der Waals surface area contributed by atoms with Crippen LogP contribution in [0.4, 0.5) is 0 Å². The number of rotatable bonds is 1. The maximum Gasteiger partial charge on any atom is 0.313 e. The van der Waals surface area contributed by atoms with Crippen molar-refractivity contribution in [1.82, 2.24) is 9.55 Å². The largest absolute Gasteiger partial charge is 0.469 e. The lowest BCUT2D eigenvalue weighted by molar-refractivity contribution is -0.143. The Morgan fingerprint density at radius 3 is 2.92 bits per heavy atom. The Bertz CT molecular complexity index is 997. The normalized spacial score (nSPS) is 24.5. The first-order chi connectivity index (χ1) is 11.7. The molecule has 2 aromatic heterocycles. The minimum Gasteiger partial charge on any atom is -0.469 e. The van der Waals surface area contributed by atoms with Crippen molar-refractivity contribution >= 4 is 22.7 Å². The van der Waals surface area contributed by atoms with E-state index in [0.717, 1.165) is 22.2 Å². The number of ketones is 1. The first kappa shape index (κ1) is 13.6. The lowest BCUT2D eigenvalue weighted by Gasteiger charge is -2.39. The molecule has 5 nitrogen and oxygen atoms in total. The number of Topliss-reactive ketones (excluding diaryl/α,β-unsaturated/α-hetero) is 1. The SMILES string of the molecule is COC(=O)[C@H]1c2c([nH]c3ccccc23)[C@@H]2C[C@H]1C(=O)c1cccn12. The molecule has 1 N–H and O–H groups in total. The highest BCUT2D eigenvalue weighted by molar-refractivity contribution is 6.03. The van der Waals surface area contributed by atoms with E-state index in [1.807, 2.05) is 47.2 Å². The first-order valence-electron chi connectivity index (χ1n) is 8.10.